The van der Waals surface area contributed by atoms with E-state index in [0.29, 0.717) is 16.7 Å². The summed E-state index contributed by atoms with van der Waals surface area (Å²) in [6.07, 6.45) is -3.22. The van der Waals surface area contributed by atoms with E-state index < -0.39 is 42.0 Å². The Balaban J connectivity index is 1.60. The summed E-state index contributed by atoms with van der Waals surface area (Å²) in [5, 5.41) is 0. The van der Waals surface area contributed by atoms with Gasteiger partial charge in [0.05, 0.1) is 16.7 Å². The maximum atomic E-state index is 13.0. The van der Waals surface area contributed by atoms with Gasteiger partial charge >= 0.3 is 17.9 Å². The van der Waals surface area contributed by atoms with Crippen molar-refractivity contribution in [3.63, 3.8) is 0 Å². The first kappa shape index (κ1) is 25.1. The van der Waals surface area contributed by atoms with Crippen molar-refractivity contribution in [2.75, 3.05) is 13.7 Å². The Morgan fingerprint density at radius 3 is 1.72 bits per heavy atom. The van der Waals surface area contributed by atoms with Crippen LogP contribution in [0.2, 0.25) is 0 Å². The highest BCUT2D eigenvalue weighted by Gasteiger charge is 2.60. The molecule has 36 heavy (non-hydrogen) atoms. The third-order valence-electron chi connectivity index (χ3n) is 5.92. The van der Waals surface area contributed by atoms with Crippen LogP contribution >= 0.6 is 0 Å². The molecule has 1 saturated heterocycles. The maximum Gasteiger partial charge on any atom is 0.338 e. The Kier molecular flexibility index (Phi) is 7.77. The van der Waals surface area contributed by atoms with Gasteiger partial charge < -0.3 is 23.7 Å². The van der Waals surface area contributed by atoms with Crippen LogP contribution in [0.25, 0.3) is 0 Å². The lowest BCUT2D eigenvalue weighted by molar-refractivity contribution is -0.155. The zero-order valence-corrected chi connectivity index (χ0v) is 19.9. The molecule has 1 fully saturated rings. The van der Waals surface area contributed by atoms with Crippen LogP contribution in [0, 0.1) is 0 Å². The van der Waals surface area contributed by atoms with Crippen LogP contribution in [0.15, 0.2) is 91.0 Å². The number of carbonyl (C=O) groups is 3. The normalized spacial score (nSPS) is 23.0. The zero-order chi connectivity index (χ0) is 25.5. The average molecular weight is 491 g/mol. The summed E-state index contributed by atoms with van der Waals surface area (Å²) in [6.45, 7) is 1.29. The molecule has 1 aliphatic heterocycles. The van der Waals surface area contributed by atoms with E-state index in [1.807, 2.05) is 0 Å². The number of ether oxygens (including phenoxy) is 5. The summed E-state index contributed by atoms with van der Waals surface area (Å²) in [7, 11) is 1.38. The molecule has 0 radical (unpaired) electrons. The highest BCUT2D eigenvalue weighted by atomic mass is 16.7. The van der Waals surface area contributed by atoms with E-state index in [4.69, 9.17) is 23.7 Å². The molecule has 0 N–H and O–H groups in total. The van der Waals surface area contributed by atoms with Crippen molar-refractivity contribution in [1.82, 2.24) is 0 Å². The number of carbonyl (C=O) groups excluding carboxylic acids is 3. The molecule has 0 saturated carbocycles. The lowest BCUT2D eigenvalue weighted by Crippen LogP contribution is -2.52. The van der Waals surface area contributed by atoms with Gasteiger partial charge in [-0.1, -0.05) is 54.6 Å². The van der Waals surface area contributed by atoms with E-state index in [2.05, 4.69) is 0 Å². The quantitative estimate of drug-likeness (QED) is 0.345. The van der Waals surface area contributed by atoms with Gasteiger partial charge in [0.1, 0.15) is 12.7 Å². The fourth-order valence-corrected chi connectivity index (χ4v) is 3.90. The first-order chi connectivity index (χ1) is 17.4. The molecule has 1 aliphatic rings. The minimum atomic E-state index is -1.55. The van der Waals surface area contributed by atoms with Gasteiger partial charge in [0.15, 0.2) is 18.0 Å². The van der Waals surface area contributed by atoms with E-state index in [-0.39, 0.29) is 6.61 Å². The molecule has 4 atom stereocenters. The molecule has 1 heterocycles. The summed E-state index contributed by atoms with van der Waals surface area (Å²) in [5.74, 6) is -1.87. The summed E-state index contributed by atoms with van der Waals surface area (Å²) in [5.41, 5.74) is -0.584. The van der Waals surface area contributed by atoms with Crippen LogP contribution in [-0.2, 0) is 23.7 Å². The standard InChI is InChI=1S/C28H26O8/c1-28(36-26(31)21-16-10-5-11-17-21)22(18-33-24(29)19-12-6-3-7-13-19)34-27(32-2)23(28)35-25(30)20-14-8-4-9-15-20/h3-17,22-23,27H,18H2,1-2H3/t22-,23?,27-,28+/m1/s1. The third kappa shape index (κ3) is 5.45. The van der Waals surface area contributed by atoms with Gasteiger partial charge in [-0.15, -0.1) is 0 Å². The Labute approximate surface area is 208 Å². The molecule has 0 amide bonds. The van der Waals surface area contributed by atoms with Crippen molar-refractivity contribution in [3.8, 4) is 0 Å². The van der Waals surface area contributed by atoms with Crippen molar-refractivity contribution < 1.29 is 38.1 Å². The van der Waals surface area contributed by atoms with Crippen LogP contribution in [-0.4, -0.2) is 55.7 Å². The van der Waals surface area contributed by atoms with E-state index in [9.17, 15) is 14.4 Å². The lowest BCUT2D eigenvalue weighted by atomic mass is 9.94. The Bertz CT molecular complexity index is 1180. The summed E-state index contributed by atoms with van der Waals surface area (Å²) in [4.78, 5) is 38.5. The van der Waals surface area contributed by atoms with Crippen LogP contribution in [0.1, 0.15) is 38.0 Å². The number of methoxy groups -OCH3 is 1. The maximum absolute atomic E-state index is 13.0. The number of hydrogen-bond donors (Lipinski definition) is 0. The third-order valence-corrected chi connectivity index (χ3v) is 5.92. The summed E-state index contributed by atoms with van der Waals surface area (Å²) < 4.78 is 28.5. The molecular formula is C28H26O8. The molecule has 0 aromatic heterocycles. The number of esters is 3. The SMILES string of the molecule is CO[C@@H]1O[C@H](COC(=O)c2ccccc2)[C@](C)(OC(=O)c2ccccc2)C1OC(=O)c1ccccc1. The minimum absolute atomic E-state index is 0.272. The summed E-state index contributed by atoms with van der Waals surface area (Å²) in [6, 6.07) is 25.2. The zero-order valence-electron chi connectivity index (χ0n) is 19.9. The molecule has 8 nitrogen and oxygen atoms in total. The second kappa shape index (κ2) is 11.2. The van der Waals surface area contributed by atoms with Gasteiger partial charge in [0, 0.05) is 7.11 Å². The number of rotatable bonds is 8. The number of benzene rings is 3. The van der Waals surface area contributed by atoms with E-state index in [1.165, 1.54) is 7.11 Å². The fourth-order valence-electron chi connectivity index (χ4n) is 3.90. The second-order valence-electron chi connectivity index (χ2n) is 8.32. The van der Waals surface area contributed by atoms with Crippen molar-refractivity contribution in [2.24, 2.45) is 0 Å². The van der Waals surface area contributed by atoms with Crippen LogP contribution in [0.4, 0.5) is 0 Å². The first-order valence-corrected chi connectivity index (χ1v) is 11.4. The van der Waals surface area contributed by atoms with Crippen LogP contribution in [0.5, 0.6) is 0 Å². The molecule has 4 rings (SSSR count). The summed E-state index contributed by atoms with van der Waals surface area (Å²) >= 11 is 0. The van der Waals surface area contributed by atoms with Crippen molar-refractivity contribution in [1.29, 1.82) is 0 Å². The van der Waals surface area contributed by atoms with Crippen molar-refractivity contribution >= 4 is 17.9 Å². The molecule has 3 aromatic rings. The van der Waals surface area contributed by atoms with Gasteiger partial charge in [-0.25, -0.2) is 14.4 Å². The first-order valence-electron chi connectivity index (χ1n) is 11.4. The van der Waals surface area contributed by atoms with Crippen LogP contribution < -0.4 is 0 Å². The van der Waals surface area contributed by atoms with Crippen molar-refractivity contribution in [2.45, 2.75) is 31.0 Å². The largest absolute Gasteiger partial charge is 0.459 e. The molecule has 186 valence electrons. The Morgan fingerprint density at radius 2 is 1.22 bits per heavy atom. The number of hydrogen-bond acceptors (Lipinski definition) is 8. The topological polar surface area (TPSA) is 97.4 Å². The molecule has 8 heteroatoms. The highest BCUT2D eigenvalue weighted by molar-refractivity contribution is 5.91. The van der Waals surface area contributed by atoms with E-state index in [1.54, 1.807) is 97.9 Å². The molecule has 3 aromatic carbocycles. The minimum Gasteiger partial charge on any atom is -0.459 e. The molecule has 0 aliphatic carbocycles. The monoisotopic (exact) mass is 490 g/mol. The van der Waals surface area contributed by atoms with E-state index >= 15 is 0 Å². The molecular weight excluding hydrogens is 464 g/mol. The van der Waals surface area contributed by atoms with Gasteiger partial charge in [-0.3, -0.25) is 0 Å². The average Bonchev–Trinajstić information content (AvgIpc) is 3.18. The molecule has 0 bridgehead atoms. The fraction of sp³-hybridized carbons (Fsp3) is 0.250. The predicted octanol–water partition coefficient (Wildman–Crippen LogP) is 4.06. The van der Waals surface area contributed by atoms with Crippen molar-refractivity contribution in [3.05, 3.63) is 108 Å². The smallest absolute Gasteiger partial charge is 0.338 e. The Morgan fingerprint density at radius 1 is 0.750 bits per heavy atom. The van der Waals surface area contributed by atoms with Gasteiger partial charge in [-0.05, 0) is 43.3 Å². The van der Waals surface area contributed by atoms with Gasteiger partial charge in [0.25, 0.3) is 0 Å². The highest BCUT2D eigenvalue weighted by Crippen LogP contribution is 2.38. The van der Waals surface area contributed by atoms with Gasteiger partial charge in [0.2, 0.25) is 0 Å². The lowest BCUT2D eigenvalue weighted by Gasteiger charge is -2.33. The van der Waals surface area contributed by atoms with Gasteiger partial charge in [-0.2, -0.15) is 0 Å². The Hall–Kier alpha value is -4.01. The predicted molar refractivity (Wildman–Crippen MR) is 128 cm³/mol. The second-order valence-corrected chi connectivity index (χ2v) is 8.32. The van der Waals surface area contributed by atoms with Crippen LogP contribution in [0.3, 0.4) is 0 Å². The van der Waals surface area contributed by atoms with E-state index in [0.717, 1.165) is 0 Å². The molecule has 1 unspecified atom stereocenters. The molecule has 0 spiro atoms.